The Morgan fingerprint density at radius 3 is 2.31 bits per heavy atom. The number of hydrogen-bond acceptors (Lipinski definition) is 5. The highest BCUT2D eigenvalue weighted by Gasteiger charge is 2.13. The van der Waals surface area contributed by atoms with Crippen molar-refractivity contribution in [2.45, 2.75) is 19.3 Å². The number of nitrogens with zero attached hydrogens (tertiary/aromatic N) is 4. The first-order chi connectivity index (χ1) is 14.2. The van der Waals surface area contributed by atoms with Crippen molar-refractivity contribution >= 4 is 28.8 Å². The first-order valence-corrected chi connectivity index (χ1v) is 9.98. The van der Waals surface area contributed by atoms with E-state index in [9.17, 15) is 4.79 Å². The molecule has 1 aromatic heterocycles. The fraction of sp³-hybridized carbons (Fsp3) is 0.261. The van der Waals surface area contributed by atoms with Crippen molar-refractivity contribution < 1.29 is 4.79 Å². The summed E-state index contributed by atoms with van der Waals surface area (Å²) >= 11 is 0. The number of rotatable bonds is 5. The Balaban J connectivity index is 1.39. The van der Waals surface area contributed by atoms with Crippen LogP contribution in [-0.4, -0.2) is 36.0 Å². The lowest BCUT2D eigenvalue weighted by molar-refractivity contribution is 0.102. The zero-order valence-electron chi connectivity index (χ0n) is 16.6. The van der Waals surface area contributed by atoms with E-state index < -0.39 is 0 Å². The number of amides is 1. The van der Waals surface area contributed by atoms with Gasteiger partial charge in [-0.1, -0.05) is 18.2 Å². The lowest BCUT2D eigenvalue weighted by atomic mass is 10.1. The minimum Gasteiger partial charge on any atom is -0.372 e. The molecule has 0 aliphatic carbocycles. The maximum atomic E-state index is 12.5. The SMILES string of the molecule is CN(c1ccccc1)c1cnc(C(=O)Nc2ccc(N3CCCCC3)cc2)cn1. The van der Waals surface area contributed by atoms with Crippen molar-refractivity contribution in [1.29, 1.82) is 0 Å². The highest BCUT2D eigenvalue weighted by Crippen LogP contribution is 2.23. The third-order valence-corrected chi connectivity index (χ3v) is 5.20. The zero-order valence-corrected chi connectivity index (χ0v) is 16.6. The molecule has 1 aliphatic heterocycles. The number of benzene rings is 2. The smallest absolute Gasteiger partial charge is 0.275 e. The van der Waals surface area contributed by atoms with Crippen molar-refractivity contribution in [3.05, 3.63) is 72.7 Å². The summed E-state index contributed by atoms with van der Waals surface area (Å²) in [6.07, 6.45) is 6.92. The van der Waals surface area contributed by atoms with Crippen LogP contribution in [0.2, 0.25) is 0 Å². The summed E-state index contributed by atoms with van der Waals surface area (Å²) in [5.74, 6) is 0.413. The van der Waals surface area contributed by atoms with E-state index in [2.05, 4.69) is 32.3 Å². The highest BCUT2D eigenvalue weighted by atomic mass is 16.1. The van der Waals surface area contributed by atoms with Crippen LogP contribution in [0.3, 0.4) is 0 Å². The molecular formula is C23H25N5O. The van der Waals surface area contributed by atoms with Crippen LogP contribution in [-0.2, 0) is 0 Å². The fourth-order valence-electron chi connectivity index (χ4n) is 3.50. The molecule has 1 amide bonds. The molecule has 6 heteroatoms. The maximum Gasteiger partial charge on any atom is 0.275 e. The van der Waals surface area contributed by atoms with Crippen LogP contribution in [0.4, 0.5) is 22.9 Å². The Labute approximate surface area is 171 Å². The molecule has 4 rings (SSSR count). The molecule has 29 heavy (non-hydrogen) atoms. The largest absolute Gasteiger partial charge is 0.372 e. The standard InChI is InChI=1S/C23H25N5O/c1-27(19-8-4-2-5-9-19)22-17-24-21(16-25-22)23(29)26-18-10-12-20(13-11-18)28-14-6-3-7-15-28/h2,4-5,8-13,16-17H,3,6-7,14-15H2,1H3,(H,26,29). The second-order valence-corrected chi connectivity index (χ2v) is 7.20. The summed E-state index contributed by atoms with van der Waals surface area (Å²) in [6.45, 7) is 2.20. The van der Waals surface area contributed by atoms with Crippen molar-refractivity contribution in [3.63, 3.8) is 0 Å². The second-order valence-electron chi connectivity index (χ2n) is 7.20. The third kappa shape index (κ3) is 4.54. The maximum absolute atomic E-state index is 12.5. The van der Waals surface area contributed by atoms with Crippen molar-refractivity contribution in [2.75, 3.05) is 35.3 Å². The summed E-state index contributed by atoms with van der Waals surface area (Å²) < 4.78 is 0. The van der Waals surface area contributed by atoms with Gasteiger partial charge in [0.05, 0.1) is 12.4 Å². The van der Waals surface area contributed by atoms with Gasteiger partial charge in [0, 0.05) is 37.2 Å². The van der Waals surface area contributed by atoms with E-state index in [0.29, 0.717) is 5.82 Å². The molecule has 148 valence electrons. The molecule has 3 aromatic rings. The van der Waals surface area contributed by atoms with E-state index in [-0.39, 0.29) is 11.6 Å². The molecule has 1 fully saturated rings. The molecule has 1 aliphatic rings. The molecular weight excluding hydrogens is 362 g/mol. The summed E-state index contributed by atoms with van der Waals surface area (Å²) in [4.78, 5) is 25.5. The summed E-state index contributed by atoms with van der Waals surface area (Å²) in [5.41, 5.74) is 3.25. The lowest BCUT2D eigenvalue weighted by Crippen LogP contribution is -2.29. The Morgan fingerprint density at radius 2 is 1.66 bits per heavy atom. The number of piperidine rings is 1. The van der Waals surface area contributed by atoms with Crippen LogP contribution >= 0.6 is 0 Å². The van der Waals surface area contributed by atoms with E-state index >= 15 is 0 Å². The third-order valence-electron chi connectivity index (χ3n) is 5.20. The van der Waals surface area contributed by atoms with E-state index in [0.717, 1.165) is 24.5 Å². The predicted octanol–water partition coefficient (Wildman–Crippen LogP) is 4.49. The number of carbonyl (C=O) groups is 1. The normalized spacial score (nSPS) is 13.8. The molecule has 1 N–H and O–H groups in total. The van der Waals surface area contributed by atoms with Crippen LogP contribution in [0.5, 0.6) is 0 Å². The molecule has 0 radical (unpaired) electrons. The number of hydrogen-bond donors (Lipinski definition) is 1. The van der Waals surface area contributed by atoms with Gasteiger partial charge in [0.1, 0.15) is 5.69 Å². The van der Waals surface area contributed by atoms with Gasteiger partial charge in [0.2, 0.25) is 0 Å². The van der Waals surface area contributed by atoms with Crippen molar-refractivity contribution in [2.24, 2.45) is 0 Å². The second kappa shape index (κ2) is 8.73. The molecule has 0 unspecified atom stereocenters. The minimum absolute atomic E-state index is 0.267. The topological polar surface area (TPSA) is 61.4 Å². The predicted molar refractivity (Wildman–Crippen MR) is 117 cm³/mol. The summed E-state index contributed by atoms with van der Waals surface area (Å²) in [7, 11) is 1.92. The van der Waals surface area contributed by atoms with E-state index in [1.165, 1.54) is 31.1 Å². The summed E-state index contributed by atoms with van der Waals surface area (Å²) in [6, 6.07) is 17.9. The molecule has 0 saturated carbocycles. The molecule has 0 bridgehead atoms. The Kier molecular flexibility index (Phi) is 5.70. The van der Waals surface area contributed by atoms with Gasteiger partial charge in [-0.2, -0.15) is 0 Å². The van der Waals surface area contributed by atoms with E-state index in [1.54, 1.807) is 6.20 Å². The number of para-hydroxylation sites is 1. The van der Waals surface area contributed by atoms with Gasteiger partial charge in [-0.05, 0) is 55.7 Å². The molecule has 1 saturated heterocycles. The van der Waals surface area contributed by atoms with Gasteiger partial charge in [-0.3, -0.25) is 4.79 Å². The monoisotopic (exact) mass is 387 g/mol. The highest BCUT2D eigenvalue weighted by molar-refractivity contribution is 6.02. The summed E-state index contributed by atoms with van der Waals surface area (Å²) in [5, 5.41) is 2.90. The quantitative estimate of drug-likeness (QED) is 0.699. The van der Waals surface area contributed by atoms with E-state index in [1.807, 2.05) is 54.4 Å². The van der Waals surface area contributed by atoms with Crippen LogP contribution in [0.1, 0.15) is 29.8 Å². The first-order valence-electron chi connectivity index (χ1n) is 9.98. The van der Waals surface area contributed by atoms with Crippen LogP contribution in [0, 0.1) is 0 Å². The Hall–Kier alpha value is -3.41. The zero-order chi connectivity index (χ0) is 20.1. The lowest BCUT2D eigenvalue weighted by Gasteiger charge is -2.28. The van der Waals surface area contributed by atoms with Crippen LogP contribution < -0.4 is 15.1 Å². The number of anilines is 4. The van der Waals surface area contributed by atoms with Gasteiger partial charge in [0.25, 0.3) is 5.91 Å². The van der Waals surface area contributed by atoms with Gasteiger partial charge >= 0.3 is 0 Å². The number of aromatic nitrogens is 2. The van der Waals surface area contributed by atoms with E-state index in [4.69, 9.17) is 0 Å². The fourth-order valence-corrected chi connectivity index (χ4v) is 3.50. The van der Waals surface area contributed by atoms with Crippen molar-refractivity contribution in [3.8, 4) is 0 Å². The molecule has 0 atom stereocenters. The molecule has 2 aromatic carbocycles. The van der Waals surface area contributed by atoms with Gasteiger partial charge in [0.15, 0.2) is 5.82 Å². The molecule has 6 nitrogen and oxygen atoms in total. The van der Waals surface area contributed by atoms with Gasteiger partial charge < -0.3 is 15.1 Å². The van der Waals surface area contributed by atoms with Gasteiger partial charge in [-0.15, -0.1) is 0 Å². The first kappa shape index (κ1) is 18.9. The van der Waals surface area contributed by atoms with Crippen molar-refractivity contribution in [1.82, 2.24) is 9.97 Å². The number of nitrogens with one attached hydrogen (secondary N) is 1. The molecule has 0 spiro atoms. The molecule has 2 heterocycles. The Bertz CT molecular complexity index is 935. The number of carbonyl (C=O) groups excluding carboxylic acids is 1. The average Bonchev–Trinajstić information content (AvgIpc) is 2.80. The Morgan fingerprint density at radius 1 is 0.931 bits per heavy atom. The van der Waals surface area contributed by atoms with Gasteiger partial charge in [-0.25, -0.2) is 9.97 Å². The van der Waals surface area contributed by atoms with Crippen LogP contribution in [0.15, 0.2) is 67.0 Å². The average molecular weight is 387 g/mol. The van der Waals surface area contributed by atoms with Crippen LogP contribution in [0.25, 0.3) is 0 Å². The minimum atomic E-state index is -0.267.